The molecule has 0 aliphatic heterocycles. The van der Waals surface area contributed by atoms with Gasteiger partial charge >= 0.3 is 0 Å². The third-order valence-corrected chi connectivity index (χ3v) is 3.67. The van der Waals surface area contributed by atoms with E-state index in [1.54, 1.807) is 24.3 Å². The van der Waals surface area contributed by atoms with Crippen LogP contribution >= 0.6 is 11.6 Å². The van der Waals surface area contributed by atoms with Crippen molar-refractivity contribution < 1.29 is 9.59 Å². The molecule has 2 aromatic carbocycles. The Bertz CT molecular complexity index is 638. The van der Waals surface area contributed by atoms with Crippen LogP contribution in [0.1, 0.15) is 41.7 Å². The quantitative estimate of drug-likeness (QED) is 0.813. The molecule has 1 atom stereocenters. The highest BCUT2D eigenvalue weighted by atomic mass is 35.5. The molecule has 3 nitrogen and oxygen atoms in total. The van der Waals surface area contributed by atoms with Gasteiger partial charge in [-0.15, -0.1) is 0 Å². The number of nitrogens with one attached hydrogen (secondary N) is 1. The second kappa shape index (κ2) is 7.76. The van der Waals surface area contributed by atoms with Crippen molar-refractivity contribution in [3.63, 3.8) is 0 Å². The molecule has 0 heterocycles. The fourth-order valence-electron chi connectivity index (χ4n) is 2.14. The van der Waals surface area contributed by atoms with Crippen molar-refractivity contribution in [2.45, 2.75) is 25.8 Å². The van der Waals surface area contributed by atoms with E-state index in [1.165, 1.54) is 0 Å². The Labute approximate surface area is 135 Å². The highest BCUT2D eigenvalue weighted by Crippen LogP contribution is 2.16. The smallest absolute Gasteiger partial charge is 0.220 e. The molecule has 2 aromatic rings. The van der Waals surface area contributed by atoms with Crippen molar-refractivity contribution in [3.05, 3.63) is 70.7 Å². The van der Waals surface area contributed by atoms with Gasteiger partial charge in [0.1, 0.15) is 0 Å². The average molecular weight is 316 g/mol. The van der Waals surface area contributed by atoms with E-state index in [1.807, 2.05) is 37.3 Å². The Balaban J connectivity index is 1.83. The van der Waals surface area contributed by atoms with Gasteiger partial charge in [0, 0.05) is 23.4 Å². The summed E-state index contributed by atoms with van der Waals surface area (Å²) in [5.74, 6) is -0.151. The van der Waals surface area contributed by atoms with Crippen LogP contribution in [0.4, 0.5) is 0 Å². The van der Waals surface area contributed by atoms with Crippen molar-refractivity contribution in [1.29, 1.82) is 0 Å². The first kappa shape index (κ1) is 16.2. The minimum atomic E-state index is -0.133. The van der Waals surface area contributed by atoms with Crippen LogP contribution in [0.5, 0.6) is 0 Å². The lowest BCUT2D eigenvalue weighted by Gasteiger charge is -2.14. The van der Waals surface area contributed by atoms with Crippen LogP contribution in [0, 0.1) is 0 Å². The van der Waals surface area contributed by atoms with Crippen LogP contribution in [0.15, 0.2) is 54.6 Å². The summed E-state index contributed by atoms with van der Waals surface area (Å²) in [5, 5.41) is 3.55. The van der Waals surface area contributed by atoms with E-state index < -0.39 is 0 Å². The molecule has 0 aliphatic rings. The molecule has 1 amide bonds. The first-order valence-electron chi connectivity index (χ1n) is 7.19. The Hall–Kier alpha value is -2.13. The maximum Gasteiger partial charge on any atom is 0.220 e. The molecule has 0 fully saturated rings. The van der Waals surface area contributed by atoms with Gasteiger partial charge in [0.15, 0.2) is 5.78 Å². The van der Waals surface area contributed by atoms with E-state index in [2.05, 4.69) is 5.32 Å². The summed E-state index contributed by atoms with van der Waals surface area (Å²) in [6.07, 6.45) is 0.398. The van der Waals surface area contributed by atoms with Crippen molar-refractivity contribution in [1.82, 2.24) is 5.32 Å². The monoisotopic (exact) mass is 315 g/mol. The number of hydrogen-bond donors (Lipinski definition) is 1. The molecule has 0 radical (unpaired) electrons. The fourth-order valence-corrected chi connectivity index (χ4v) is 2.27. The molecule has 4 heteroatoms. The number of rotatable bonds is 6. The van der Waals surface area contributed by atoms with Gasteiger partial charge in [-0.1, -0.05) is 54.1 Å². The van der Waals surface area contributed by atoms with Crippen molar-refractivity contribution in [2.24, 2.45) is 0 Å². The van der Waals surface area contributed by atoms with Crippen LogP contribution in [-0.2, 0) is 4.79 Å². The van der Waals surface area contributed by atoms with Crippen molar-refractivity contribution in [2.75, 3.05) is 0 Å². The topological polar surface area (TPSA) is 46.2 Å². The van der Waals surface area contributed by atoms with E-state index in [4.69, 9.17) is 11.6 Å². The molecule has 0 saturated heterocycles. The second-order valence-corrected chi connectivity index (χ2v) is 5.57. The molecule has 1 N–H and O–H groups in total. The minimum absolute atomic E-state index is 0.0186. The Morgan fingerprint density at radius 1 is 1.00 bits per heavy atom. The van der Waals surface area contributed by atoms with E-state index in [-0.39, 0.29) is 30.6 Å². The van der Waals surface area contributed by atoms with Gasteiger partial charge in [-0.2, -0.15) is 0 Å². The molecule has 2 rings (SSSR count). The lowest BCUT2D eigenvalue weighted by molar-refractivity contribution is -0.121. The van der Waals surface area contributed by atoms with Crippen LogP contribution in [0.25, 0.3) is 0 Å². The van der Waals surface area contributed by atoms with Gasteiger partial charge in [-0.25, -0.2) is 0 Å². The zero-order chi connectivity index (χ0) is 15.9. The molecule has 0 unspecified atom stereocenters. The summed E-state index contributed by atoms with van der Waals surface area (Å²) >= 11 is 5.84. The molecular weight excluding hydrogens is 298 g/mol. The zero-order valence-electron chi connectivity index (χ0n) is 12.4. The number of carbonyl (C=O) groups excluding carboxylic acids is 2. The predicted molar refractivity (Wildman–Crippen MR) is 88.0 cm³/mol. The molecule has 0 saturated carbocycles. The summed E-state index contributed by atoms with van der Waals surface area (Å²) < 4.78 is 0. The molecule has 0 bridgehead atoms. The van der Waals surface area contributed by atoms with Crippen LogP contribution in [0.2, 0.25) is 5.02 Å². The summed E-state index contributed by atoms with van der Waals surface area (Å²) in [7, 11) is 0. The van der Waals surface area contributed by atoms with Gasteiger partial charge in [0.05, 0.1) is 6.04 Å². The van der Waals surface area contributed by atoms with Crippen molar-refractivity contribution >= 4 is 23.3 Å². The highest BCUT2D eigenvalue weighted by molar-refractivity contribution is 6.30. The van der Waals surface area contributed by atoms with Gasteiger partial charge in [-0.05, 0) is 24.6 Å². The lowest BCUT2D eigenvalue weighted by atomic mass is 10.1. The van der Waals surface area contributed by atoms with Crippen LogP contribution in [-0.4, -0.2) is 11.7 Å². The number of ketones is 1. The number of benzene rings is 2. The number of Topliss-reactive ketones (excluding diaryl/α,β-unsaturated/α-hetero) is 1. The van der Waals surface area contributed by atoms with Gasteiger partial charge in [0.25, 0.3) is 0 Å². The van der Waals surface area contributed by atoms with Gasteiger partial charge < -0.3 is 5.32 Å². The SMILES string of the molecule is C[C@H](NC(=O)CCC(=O)c1ccccc1)c1ccc(Cl)cc1. The van der Waals surface area contributed by atoms with E-state index in [9.17, 15) is 9.59 Å². The summed E-state index contributed by atoms with van der Waals surface area (Å²) in [6.45, 7) is 1.90. The summed E-state index contributed by atoms with van der Waals surface area (Å²) in [5.41, 5.74) is 1.62. The normalized spacial score (nSPS) is 11.7. The first-order valence-corrected chi connectivity index (χ1v) is 7.57. The molecule has 0 aromatic heterocycles. The predicted octanol–water partition coefficient (Wildman–Crippen LogP) is 4.18. The standard InChI is InChI=1S/C18H18ClNO2/c1-13(14-7-9-16(19)10-8-14)20-18(22)12-11-17(21)15-5-3-2-4-6-15/h2-10,13H,11-12H2,1H3,(H,20,22)/t13-/m0/s1. The zero-order valence-corrected chi connectivity index (χ0v) is 13.1. The van der Waals surface area contributed by atoms with E-state index in [0.29, 0.717) is 10.6 Å². The Morgan fingerprint density at radius 2 is 1.64 bits per heavy atom. The molecule has 114 valence electrons. The Kier molecular flexibility index (Phi) is 5.73. The number of carbonyl (C=O) groups is 2. The van der Waals surface area contributed by atoms with E-state index in [0.717, 1.165) is 5.56 Å². The fraction of sp³-hybridized carbons (Fsp3) is 0.222. The third kappa shape index (κ3) is 4.71. The molecule has 22 heavy (non-hydrogen) atoms. The number of hydrogen-bond acceptors (Lipinski definition) is 2. The molecule has 0 aliphatic carbocycles. The lowest BCUT2D eigenvalue weighted by Crippen LogP contribution is -2.26. The Morgan fingerprint density at radius 3 is 2.27 bits per heavy atom. The summed E-state index contributed by atoms with van der Waals surface area (Å²) in [4.78, 5) is 23.9. The molecular formula is C18H18ClNO2. The minimum Gasteiger partial charge on any atom is -0.350 e. The van der Waals surface area contributed by atoms with Gasteiger partial charge in [-0.3, -0.25) is 9.59 Å². The maximum absolute atomic E-state index is 11.9. The first-order chi connectivity index (χ1) is 10.6. The van der Waals surface area contributed by atoms with Gasteiger partial charge in [0.2, 0.25) is 5.91 Å². The van der Waals surface area contributed by atoms with Crippen LogP contribution in [0.3, 0.4) is 0 Å². The van der Waals surface area contributed by atoms with E-state index >= 15 is 0 Å². The number of amides is 1. The highest BCUT2D eigenvalue weighted by Gasteiger charge is 2.12. The largest absolute Gasteiger partial charge is 0.350 e. The average Bonchev–Trinajstić information content (AvgIpc) is 2.54. The second-order valence-electron chi connectivity index (χ2n) is 5.13. The summed E-state index contributed by atoms with van der Waals surface area (Å²) in [6, 6.07) is 16.2. The maximum atomic E-state index is 11.9. The van der Waals surface area contributed by atoms with Crippen LogP contribution < -0.4 is 5.32 Å². The number of halogens is 1. The van der Waals surface area contributed by atoms with Crippen molar-refractivity contribution in [3.8, 4) is 0 Å². The molecule has 0 spiro atoms. The third-order valence-electron chi connectivity index (χ3n) is 3.42.